The third-order valence-corrected chi connectivity index (χ3v) is 6.70. The summed E-state index contributed by atoms with van der Waals surface area (Å²) in [6.07, 6.45) is 2.23. The van der Waals surface area contributed by atoms with Crippen molar-refractivity contribution in [2.24, 2.45) is 0 Å². The SMILES string of the molecule is CCCCNC(=O)[C@@H](C)N(Cc1c(Cl)cccc1Cl)C(=O)CCSCc1ccccc1. The van der Waals surface area contributed by atoms with E-state index in [9.17, 15) is 9.59 Å². The average molecular weight is 481 g/mol. The molecule has 0 heterocycles. The normalized spacial score (nSPS) is 11.7. The molecule has 0 spiro atoms. The van der Waals surface area contributed by atoms with Gasteiger partial charge in [0.25, 0.3) is 0 Å². The molecule has 0 aliphatic heterocycles. The highest BCUT2D eigenvalue weighted by Crippen LogP contribution is 2.27. The highest BCUT2D eigenvalue weighted by Gasteiger charge is 2.27. The number of carbonyl (C=O) groups is 2. The van der Waals surface area contributed by atoms with Crippen molar-refractivity contribution in [3.63, 3.8) is 0 Å². The molecule has 168 valence electrons. The molecule has 0 fully saturated rings. The molecule has 2 aromatic rings. The number of benzene rings is 2. The third-order valence-electron chi connectivity index (χ3n) is 4.96. The van der Waals surface area contributed by atoms with Crippen molar-refractivity contribution < 1.29 is 9.59 Å². The number of nitrogens with zero attached hydrogens (tertiary/aromatic N) is 1. The summed E-state index contributed by atoms with van der Waals surface area (Å²) < 4.78 is 0. The summed E-state index contributed by atoms with van der Waals surface area (Å²) in [4.78, 5) is 27.3. The van der Waals surface area contributed by atoms with Crippen LogP contribution in [-0.2, 0) is 21.9 Å². The lowest BCUT2D eigenvalue weighted by Crippen LogP contribution is -2.48. The number of rotatable bonds is 12. The first-order valence-corrected chi connectivity index (χ1v) is 12.5. The van der Waals surface area contributed by atoms with Crippen LogP contribution in [0, 0.1) is 0 Å². The molecule has 2 amide bonds. The molecule has 4 nitrogen and oxygen atoms in total. The molecule has 0 saturated carbocycles. The number of amides is 2. The van der Waals surface area contributed by atoms with E-state index < -0.39 is 6.04 Å². The Morgan fingerprint density at radius 3 is 2.39 bits per heavy atom. The van der Waals surface area contributed by atoms with E-state index in [1.807, 2.05) is 18.2 Å². The van der Waals surface area contributed by atoms with Gasteiger partial charge in [-0.25, -0.2) is 0 Å². The first-order chi connectivity index (χ1) is 14.9. The minimum atomic E-state index is -0.615. The van der Waals surface area contributed by atoms with E-state index in [2.05, 4.69) is 24.4 Å². The van der Waals surface area contributed by atoms with Gasteiger partial charge in [0.05, 0.1) is 0 Å². The molecule has 0 aromatic heterocycles. The van der Waals surface area contributed by atoms with E-state index in [4.69, 9.17) is 23.2 Å². The zero-order valence-electron chi connectivity index (χ0n) is 18.1. The Labute approximate surface area is 199 Å². The van der Waals surface area contributed by atoms with E-state index in [1.54, 1.807) is 41.8 Å². The highest BCUT2D eigenvalue weighted by atomic mass is 35.5. The van der Waals surface area contributed by atoms with Gasteiger partial charge in [0.2, 0.25) is 11.8 Å². The maximum atomic E-state index is 13.1. The van der Waals surface area contributed by atoms with Crippen molar-refractivity contribution in [1.29, 1.82) is 0 Å². The second kappa shape index (κ2) is 13.7. The lowest BCUT2D eigenvalue weighted by atomic mass is 10.1. The minimum Gasteiger partial charge on any atom is -0.354 e. The fourth-order valence-electron chi connectivity index (χ4n) is 3.04. The first kappa shape index (κ1) is 25.6. The zero-order valence-corrected chi connectivity index (χ0v) is 20.4. The molecule has 0 aliphatic rings. The molecule has 0 radical (unpaired) electrons. The van der Waals surface area contributed by atoms with Crippen molar-refractivity contribution in [3.8, 4) is 0 Å². The van der Waals surface area contributed by atoms with Gasteiger partial charge in [-0.1, -0.05) is 72.9 Å². The van der Waals surface area contributed by atoms with Gasteiger partial charge in [-0.15, -0.1) is 0 Å². The van der Waals surface area contributed by atoms with Crippen LogP contribution in [0.1, 0.15) is 44.2 Å². The van der Waals surface area contributed by atoms with Gasteiger partial charge in [0.1, 0.15) is 6.04 Å². The van der Waals surface area contributed by atoms with Crippen LogP contribution in [0.25, 0.3) is 0 Å². The van der Waals surface area contributed by atoms with Gasteiger partial charge < -0.3 is 10.2 Å². The standard InChI is InChI=1S/C24H30Cl2N2O2S/c1-3-4-14-27-24(30)18(2)28(16-20-21(25)11-8-12-22(20)26)23(29)13-15-31-17-19-9-6-5-7-10-19/h5-12,18H,3-4,13-17H2,1-2H3,(H,27,30)/t18-/m1/s1. The number of nitrogens with one attached hydrogen (secondary N) is 1. The van der Waals surface area contributed by atoms with E-state index in [1.165, 1.54) is 5.56 Å². The molecule has 2 aromatic carbocycles. The zero-order chi connectivity index (χ0) is 22.6. The Morgan fingerprint density at radius 1 is 1.06 bits per heavy atom. The Balaban J connectivity index is 2.04. The monoisotopic (exact) mass is 480 g/mol. The van der Waals surface area contributed by atoms with Gasteiger partial charge in [-0.05, 0) is 31.0 Å². The summed E-state index contributed by atoms with van der Waals surface area (Å²) in [7, 11) is 0. The second-order valence-corrected chi connectivity index (χ2v) is 9.25. The molecule has 1 N–H and O–H groups in total. The minimum absolute atomic E-state index is 0.0883. The number of thioether (sulfide) groups is 1. The number of unbranched alkanes of at least 4 members (excludes halogenated alkanes) is 1. The van der Waals surface area contributed by atoms with Crippen LogP contribution in [0.2, 0.25) is 10.0 Å². The van der Waals surface area contributed by atoms with Crippen LogP contribution in [0.4, 0.5) is 0 Å². The Hall–Kier alpha value is -1.69. The fraction of sp³-hybridized carbons (Fsp3) is 0.417. The van der Waals surface area contributed by atoms with Gasteiger partial charge >= 0.3 is 0 Å². The predicted molar refractivity (Wildman–Crippen MR) is 132 cm³/mol. The van der Waals surface area contributed by atoms with Crippen molar-refractivity contribution in [2.75, 3.05) is 12.3 Å². The molecule has 7 heteroatoms. The Morgan fingerprint density at radius 2 is 1.74 bits per heavy atom. The van der Waals surface area contributed by atoms with Crippen molar-refractivity contribution in [3.05, 3.63) is 69.7 Å². The van der Waals surface area contributed by atoms with Crippen LogP contribution >= 0.6 is 35.0 Å². The fourth-order valence-corrected chi connectivity index (χ4v) is 4.45. The van der Waals surface area contributed by atoms with Crippen molar-refractivity contribution in [2.45, 2.75) is 51.4 Å². The van der Waals surface area contributed by atoms with Crippen LogP contribution in [-0.4, -0.2) is 35.1 Å². The summed E-state index contributed by atoms with van der Waals surface area (Å²) in [5.74, 6) is 1.26. The van der Waals surface area contributed by atoms with Crippen molar-refractivity contribution >= 4 is 46.8 Å². The first-order valence-electron chi connectivity index (χ1n) is 10.6. The number of carbonyl (C=O) groups excluding carboxylic acids is 2. The lowest BCUT2D eigenvalue weighted by molar-refractivity contribution is -0.140. The largest absolute Gasteiger partial charge is 0.354 e. The summed E-state index contributed by atoms with van der Waals surface area (Å²) in [6.45, 7) is 4.61. The lowest BCUT2D eigenvalue weighted by Gasteiger charge is -2.29. The van der Waals surface area contributed by atoms with Gasteiger partial charge in [-0.2, -0.15) is 11.8 Å². The van der Waals surface area contributed by atoms with E-state index in [-0.39, 0.29) is 18.4 Å². The van der Waals surface area contributed by atoms with Crippen molar-refractivity contribution in [1.82, 2.24) is 10.2 Å². The molecule has 0 aliphatic carbocycles. The molecular formula is C24H30Cl2N2O2S. The number of halogens is 2. The maximum Gasteiger partial charge on any atom is 0.242 e. The van der Waals surface area contributed by atoms with E-state index in [0.717, 1.165) is 18.6 Å². The smallest absolute Gasteiger partial charge is 0.242 e. The molecule has 0 saturated heterocycles. The topological polar surface area (TPSA) is 49.4 Å². The molecule has 1 atom stereocenters. The molecular weight excluding hydrogens is 451 g/mol. The van der Waals surface area contributed by atoms with E-state index >= 15 is 0 Å². The molecule has 0 unspecified atom stereocenters. The van der Waals surface area contributed by atoms with Gasteiger partial charge in [0.15, 0.2) is 0 Å². The third kappa shape index (κ3) is 8.40. The number of hydrogen-bond donors (Lipinski definition) is 1. The second-order valence-electron chi connectivity index (χ2n) is 7.33. The van der Waals surface area contributed by atoms with Crippen LogP contribution in [0.15, 0.2) is 48.5 Å². The number of hydrogen-bond acceptors (Lipinski definition) is 3. The molecule has 0 bridgehead atoms. The maximum absolute atomic E-state index is 13.1. The summed E-state index contributed by atoms with van der Waals surface area (Å²) in [6, 6.07) is 14.8. The summed E-state index contributed by atoms with van der Waals surface area (Å²) in [5, 5.41) is 3.90. The van der Waals surface area contributed by atoms with Crippen LogP contribution in [0.3, 0.4) is 0 Å². The van der Waals surface area contributed by atoms with E-state index in [0.29, 0.717) is 34.3 Å². The summed E-state index contributed by atoms with van der Waals surface area (Å²) >= 11 is 14.4. The predicted octanol–water partition coefficient (Wildman–Crippen LogP) is 5.95. The average Bonchev–Trinajstić information content (AvgIpc) is 2.77. The van der Waals surface area contributed by atoms with Gasteiger partial charge in [-0.3, -0.25) is 9.59 Å². The Bertz CT molecular complexity index is 828. The Kier molecular flexibility index (Phi) is 11.3. The highest BCUT2D eigenvalue weighted by molar-refractivity contribution is 7.98. The van der Waals surface area contributed by atoms with Crippen LogP contribution in [0.5, 0.6) is 0 Å². The van der Waals surface area contributed by atoms with Crippen LogP contribution < -0.4 is 5.32 Å². The quantitative estimate of drug-likeness (QED) is 0.381. The summed E-state index contributed by atoms with van der Waals surface area (Å²) in [5.41, 5.74) is 1.88. The van der Waals surface area contributed by atoms with Gasteiger partial charge in [0, 0.05) is 46.6 Å². The molecule has 31 heavy (non-hydrogen) atoms. The molecule has 2 rings (SSSR count).